The Labute approximate surface area is 186 Å². The fraction of sp³-hybridized carbons (Fsp3) is 0.0370. The molecule has 7 aromatic rings. The highest BCUT2D eigenvalue weighted by Crippen LogP contribution is 2.42. The molecule has 0 radical (unpaired) electrons. The Kier molecular flexibility index (Phi) is 3.59. The van der Waals surface area contributed by atoms with Crippen LogP contribution >= 0.6 is 0 Å². The quantitative estimate of drug-likeness (QED) is 0.213. The maximum atomic E-state index is 13.8. The van der Waals surface area contributed by atoms with Gasteiger partial charge in [-0.15, -0.1) is 0 Å². The first-order chi connectivity index (χ1) is 16.2. The van der Waals surface area contributed by atoms with E-state index < -0.39 is 0 Å². The van der Waals surface area contributed by atoms with E-state index in [1.807, 2.05) is 55.5 Å². The molecule has 156 valence electrons. The zero-order valence-electron chi connectivity index (χ0n) is 17.5. The molecule has 0 amide bonds. The van der Waals surface area contributed by atoms with Gasteiger partial charge in [0.25, 0.3) is 5.71 Å². The SMILES string of the molecule is Cc1noc2nc3c4ccccc4c4nc5ccccc5nc4c3c(-c3ccc(F)cc3)c12. The minimum absolute atomic E-state index is 0.295. The number of nitrogens with zero attached hydrogens (tertiary/aromatic N) is 4. The molecule has 0 aliphatic rings. The van der Waals surface area contributed by atoms with Crippen molar-refractivity contribution in [3.05, 3.63) is 84.3 Å². The van der Waals surface area contributed by atoms with E-state index in [0.29, 0.717) is 11.4 Å². The smallest absolute Gasteiger partial charge is 0.259 e. The fourth-order valence-electron chi connectivity index (χ4n) is 4.71. The van der Waals surface area contributed by atoms with E-state index in [1.165, 1.54) is 12.1 Å². The van der Waals surface area contributed by atoms with Crippen LogP contribution in [0.4, 0.5) is 4.39 Å². The van der Waals surface area contributed by atoms with E-state index in [2.05, 4.69) is 5.16 Å². The van der Waals surface area contributed by atoms with Crippen LogP contribution in [0.3, 0.4) is 0 Å². The summed E-state index contributed by atoms with van der Waals surface area (Å²) in [6.45, 7) is 1.89. The van der Waals surface area contributed by atoms with Crippen molar-refractivity contribution in [1.29, 1.82) is 0 Å². The van der Waals surface area contributed by atoms with Gasteiger partial charge in [0.1, 0.15) is 11.3 Å². The largest absolute Gasteiger partial charge is 0.336 e. The van der Waals surface area contributed by atoms with Crippen molar-refractivity contribution in [2.75, 3.05) is 0 Å². The van der Waals surface area contributed by atoms with Gasteiger partial charge in [0.2, 0.25) is 0 Å². The van der Waals surface area contributed by atoms with Crippen LogP contribution in [0, 0.1) is 12.7 Å². The molecule has 0 aliphatic carbocycles. The van der Waals surface area contributed by atoms with Crippen LogP contribution in [0.15, 0.2) is 77.3 Å². The molecule has 0 saturated carbocycles. The number of aromatic nitrogens is 4. The van der Waals surface area contributed by atoms with Crippen molar-refractivity contribution in [2.45, 2.75) is 6.92 Å². The van der Waals surface area contributed by atoms with Crippen LogP contribution in [0.2, 0.25) is 0 Å². The number of hydrogen-bond acceptors (Lipinski definition) is 5. The van der Waals surface area contributed by atoms with Gasteiger partial charge in [0.05, 0.1) is 33.1 Å². The Bertz CT molecular complexity index is 1890. The van der Waals surface area contributed by atoms with E-state index >= 15 is 0 Å². The van der Waals surface area contributed by atoms with Crippen molar-refractivity contribution in [1.82, 2.24) is 20.1 Å². The van der Waals surface area contributed by atoms with Crippen LogP contribution in [-0.4, -0.2) is 20.1 Å². The molecule has 0 atom stereocenters. The fourth-order valence-corrected chi connectivity index (χ4v) is 4.71. The topological polar surface area (TPSA) is 64.7 Å². The molecule has 4 aromatic carbocycles. The minimum atomic E-state index is -0.295. The number of halogens is 1. The Morgan fingerprint density at radius 2 is 1.30 bits per heavy atom. The molecule has 0 N–H and O–H groups in total. The number of rotatable bonds is 1. The van der Waals surface area contributed by atoms with Gasteiger partial charge in [-0.3, -0.25) is 0 Å². The van der Waals surface area contributed by atoms with Gasteiger partial charge in [0.15, 0.2) is 0 Å². The van der Waals surface area contributed by atoms with Crippen molar-refractivity contribution in [3.63, 3.8) is 0 Å². The lowest BCUT2D eigenvalue weighted by atomic mass is 9.93. The molecule has 0 unspecified atom stereocenters. The summed E-state index contributed by atoms with van der Waals surface area (Å²) in [4.78, 5) is 14.9. The van der Waals surface area contributed by atoms with Gasteiger partial charge in [0, 0.05) is 21.7 Å². The first-order valence-electron chi connectivity index (χ1n) is 10.6. The number of para-hydroxylation sites is 2. The van der Waals surface area contributed by atoms with Crippen LogP contribution < -0.4 is 0 Å². The second-order valence-corrected chi connectivity index (χ2v) is 8.12. The number of hydrogen-bond donors (Lipinski definition) is 0. The van der Waals surface area contributed by atoms with Gasteiger partial charge >= 0.3 is 0 Å². The number of benzene rings is 4. The standard InChI is InChI=1S/C27H15FN4O/c1-14-21-22(15-10-12-16(28)13-11-15)23-24(31-27(21)33-32-14)17-6-2-3-7-18(17)25-26(23)30-20-9-5-4-8-19(20)29-25/h2-13H,1H3. The van der Waals surface area contributed by atoms with E-state index in [4.69, 9.17) is 19.5 Å². The summed E-state index contributed by atoms with van der Waals surface area (Å²) >= 11 is 0. The van der Waals surface area contributed by atoms with E-state index in [0.717, 1.165) is 60.3 Å². The zero-order chi connectivity index (χ0) is 22.1. The zero-order valence-corrected chi connectivity index (χ0v) is 17.5. The number of fused-ring (bicyclic) bond motifs is 8. The Morgan fingerprint density at radius 1 is 0.667 bits per heavy atom. The Hall–Kier alpha value is -4.45. The second-order valence-electron chi connectivity index (χ2n) is 8.12. The third-order valence-electron chi connectivity index (χ3n) is 6.17. The molecule has 3 heterocycles. The lowest BCUT2D eigenvalue weighted by molar-refractivity contribution is 0.443. The van der Waals surface area contributed by atoms with Crippen molar-refractivity contribution >= 4 is 54.8 Å². The van der Waals surface area contributed by atoms with Gasteiger partial charge < -0.3 is 4.52 Å². The molecule has 5 nitrogen and oxygen atoms in total. The summed E-state index contributed by atoms with van der Waals surface area (Å²) in [6, 6.07) is 22.3. The molecule has 6 heteroatoms. The molecular weight excluding hydrogens is 415 g/mol. The average molecular weight is 430 g/mol. The van der Waals surface area contributed by atoms with Gasteiger partial charge in [-0.2, -0.15) is 0 Å². The number of aryl methyl sites for hydroxylation is 1. The summed E-state index contributed by atoms with van der Waals surface area (Å²) in [6.07, 6.45) is 0. The van der Waals surface area contributed by atoms with Crippen LogP contribution in [-0.2, 0) is 0 Å². The van der Waals surface area contributed by atoms with Crippen LogP contribution in [0.1, 0.15) is 5.69 Å². The molecule has 0 spiro atoms. The molecule has 0 saturated heterocycles. The number of pyridine rings is 1. The molecule has 33 heavy (non-hydrogen) atoms. The third-order valence-corrected chi connectivity index (χ3v) is 6.17. The first kappa shape index (κ1) is 18.2. The maximum Gasteiger partial charge on any atom is 0.259 e. The lowest BCUT2D eigenvalue weighted by Crippen LogP contribution is -1.96. The normalized spacial score (nSPS) is 11.9. The lowest BCUT2D eigenvalue weighted by Gasteiger charge is -2.14. The van der Waals surface area contributed by atoms with E-state index in [1.54, 1.807) is 12.1 Å². The predicted molar refractivity (Wildman–Crippen MR) is 128 cm³/mol. The van der Waals surface area contributed by atoms with Crippen molar-refractivity contribution in [2.24, 2.45) is 0 Å². The highest BCUT2D eigenvalue weighted by molar-refractivity contribution is 6.28. The van der Waals surface area contributed by atoms with Gasteiger partial charge in [-0.25, -0.2) is 19.3 Å². The van der Waals surface area contributed by atoms with E-state index in [9.17, 15) is 4.39 Å². The maximum absolute atomic E-state index is 13.8. The van der Waals surface area contributed by atoms with Crippen LogP contribution in [0.25, 0.3) is 66.0 Å². The second kappa shape index (κ2) is 6.53. The van der Waals surface area contributed by atoms with Crippen molar-refractivity contribution < 1.29 is 8.91 Å². The highest BCUT2D eigenvalue weighted by Gasteiger charge is 2.22. The highest BCUT2D eigenvalue weighted by atomic mass is 19.1. The first-order valence-corrected chi connectivity index (χ1v) is 10.6. The molecule has 3 aromatic heterocycles. The summed E-state index contributed by atoms with van der Waals surface area (Å²) in [5, 5.41) is 7.74. The van der Waals surface area contributed by atoms with Gasteiger partial charge in [-0.05, 0) is 36.8 Å². The van der Waals surface area contributed by atoms with Crippen LogP contribution in [0.5, 0.6) is 0 Å². The molecule has 0 aliphatic heterocycles. The molecule has 7 rings (SSSR count). The minimum Gasteiger partial charge on any atom is -0.336 e. The third kappa shape index (κ3) is 2.52. The summed E-state index contributed by atoms with van der Waals surface area (Å²) in [7, 11) is 0. The molecule has 0 bridgehead atoms. The average Bonchev–Trinajstić information content (AvgIpc) is 3.23. The Morgan fingerprint density at radius 3 is 2.03 bits per heavy atom. The molecular formula is C27H15FN4O. The summed E-state index contributed by atoms with van der Waals surface area (Å²) in [5.41, 5.74) is 6.80. The van der Waals surface area contributed by atoms with Gasteiger partial charge in [-0.1, -0.05) is 53.7 Å². The molecule has 0 fully saturated rings. The summed E-state index contributed by atoms with van der Waals surface area (Å²) in [5.74, 6) is -0.295. The summed E-state index contributed by atoms with van der Waals surface area (Å²) < 4.78 is 19.4. The van der Waals surface area contributed by atoms with Crippen molar-refractivity contribution in [3.8, 4) is 11.1 Å². The predicted octanol–water partition coefficient (Wildman–Crippen LogP) is 6.74. The Balaban J connectivity index is 1.84. The van der Waals surface area contributed by atoms with E-state index in [-0.39, 0.29) is 5.82 Å². The monoisotopic (exact) mass is 430 g/mol.